The second-order valence-corrected chi connectivity index (χ2v) is 3.38. The van der Waals surface area contributed by atoms with Gasteiger partial charge >= 0.3 is 16.8 Å². The van der Waals surface area contributed by atoms with Gasteiger partial charge in [-0.2, -0.15) is 0 Å². The first-order valence-corrected chi connectivity index (χ1v) is 4.61. The van der Waals surface area contributed by atoms with Crippen LogP contribution in [0.25, 0.3) is 0 Å². The maximum Gasteiger partial charge on any atom is 3.00 e. The monoisotopic (exact) mass is 233 g/mol. The Labute approximate surface area is 91.2 Å². The third kappa shape index (κ3) is 13.6. The van der Waals surface area contributed by atoms with Crippen molar-refractivity contribution < 1.29 is 16.8 Å². The smallest absolute Gasteiger partial charge is 0.789 e. The van der Waals surface area contributed by atoms with Crippen molar-refractivity contribution in [3.8, 4) is 0 Å². The third-order valence-electron chi connectivity index (χ3n) is 1.42. The molecule has 3 heteroatoms. The van der Waals surface area contributed by atoms with Crippen LogP contribution in [0.2, 0.25) is 0 Å². The van der Waals surface area contributed by atoms with Crippen LogP contribution in [0.15, 0.2) is 10.3 Å². The standard InChI is InChI=1S/C5H10.C3H6S2.Co/c1-2-4-5-3-1;1-3(5)2-4;/h1-5H2;2,4-5H,1H3;/q;;+3/p-2/b;3-2-;. The third-order valence-corrected chi connectivity index (χ3v) is 2.04. The van der Waals surface area contributed by atoms with E-state index in [2.05, 4.69) is 25.3 Å². The number of hydrogen-bond acceptors (Lipinski definition) is 2. The van der Waals surface area contributed by atoms with Crippen LogP contribution in [0.1, 0.15) is 39.0 Å². The van der Waals surface area contributed by atoms with Gasteiger partial charge in [-0.1, -0.05) is 39.0 Å². The van der Waals surface area contributed by atoms with Crippen LogP contribution < -0.4 is 0 Å². The Balaban J connectivity index is 0. The first-order chi connectivity index (χ1) is 4.77. The minimum atomic E-state index is 0. The van der Waals surface area contributed by atoms with Gasteiger partial charge in [-0.25, -0.2) is 10.3 Å². The molecule has 0 heterocycles. The van der Waals surface area contributed by atoms with E-state index in [0.717, 1.165) is 4.91 Å². The second-order valence-electron chi connectivity index (χ2n) is 2.50. The Morgan fingerprint density at radius 2 is 1.27 bits per heavy atom. The van der Waals surface area contributed by atoms with Crippen molar-refractivity contribution >= 4 is 25.3 Å². The van der Waals surface area contributed by atoms with E-state index in [1.807, 2.05) is 0 Å². The Morgan fingerprint density at radius 1 is 1.09 bits per heavy atom. The molecular formula is C8H14CoS2+. The normalized spacial score (nSPS) is 16.3. The summed E-state index contributed by atoms with van der Waals surface area (Å²) in [5, 5.41) is 1.48. The minimum absolute atomic E-state index is 0. The molecule has 0 spiro atoms. The first kappa shape index (κ1) is 14.2. The van der Waals surface area contributed by atoms with Crippen LogP contribution in [0.5, 0.6) is 0 Å². The number of allylic oxidation sites excluding steroid dienone is 1. The Hall–Kier alpha value is 0.686. The van der Waals surface area contributed by atoms with Crippen molar-refractivity contribution in [2.75, 3.05) is 0 Å². The molecule has 0 saturated heterocycles. The van der Waals surface area contributed by atoms with Crippen molar-refractivity contribution in [3.63, 3.8) is 0 Å². The van der Waals surface area contributed by atoms with Gasteiger partial charge in [-0.3, -0.25) is 0 Å². The number of hydrogen-bond donors (Lipinski definition) is 0. The summed E-state index contributed by atoms with van der Waals surface area (Å²) in [6, 6.07) is 0. The zero-order valence-corrected chi connectivity index (χ0v) is 9.44. The second kappa shape index (κ2) is 10.7. The summed E-state index contributed by atoms with van der Waals surface area (Å²) in [5.74, 6) is 0. The van der Waals surface area contributed by atoms with Crippen LogP contribution in [0.4, 0.5) is 0 Å². The molecule has 66 valence electrons. The fourth-order valence-electron chi connectivity index (χ4n) is 0.884. The fourth-order valence-corrected chi connectivity index (χ4v) is 0.884. The average Bonchev–Trinajstić information content (AvgIpc) is 2.43. The summed E-state index contributed by atoms with van der Waals surface area (Å²) in [6.07, 6.45) is 7.50. The Kier molecular flexibility index (Phi) is 13.8. The van der Waals surface area contributed by atoms with Crippen molar-refractivity contribution in [1.29, 1.82) is 0 Å². The maximum absolute atomic E-state index is 4.54. The Bertz CT molecular complexity index is 86.7. The molecule has 1 saturated carbocycles. The van der Waals surface area contributed by atoms with Gasteiger partial charge in [0.25, 0.3) is 0 Å². The molecular weight excluding hydrogens is 219 g/mol. The quantitative estimate of drug-likeness (QED) is 0.590. The van der Waals surface area contributed by atoms with Gasteiger partial charge in [-0.15, -0.1) is 0 Å². The van der Waals surface area contributed by atoms with Gasteiger partial charge in [0.05, 0.1) is 0 Å². The van der Waals surface area contributed by atoms with Crippen molar-refractivity contribution in [3.05, 3.63) is 10.3 Å². The van der Waals surface area contributed by atoms with E-state index in [1.54, 1.807) is 6.92 Å². The molecule has 1 fully saturated rings. The summed E-state index contributed by atoms with van der Waals surface area (Å²) in [5.41, 5.74) is 0. The summed E-state index contributed by atoms with van der Waals surface area (Å²) in [4.78, 5) is 0.778. The zero-order chi connectivity index (χ0) is 7.82. The van der Waals surface area contributed by atoms with Crippen LogP contribution in [-0.2, 0) is 42.0 Å². The summed E-state index contributed by atoms with van der Waals surface area (Å²) in [7, 11) is 0. The van der Waals surface area contributed by atoms with E-state index in [1.165, 1.54) is 37.5 Å². The van der Waals surface area contributed by atoms with E-state index >= 15 is 0 Å². The predicted molar refractivity (Wildman–Crippen MR) is 51.6 cm³/mol. The van der Waals surface area contributed by atoms with Crippen molar-refractivity contribution in [2.24, 2.45) is 0 Å². The Morgan fingerprint density at radius 3 is 1.36 bits per heavy atom. The number of rotatable bonds is 0. The van der Waals surface area contributed by atoms with Crippen molar-refractivity contribution in [2.45, 2.75) is 39.0 Å². The maximum atomic E-state index is 4.54. The van der Waals surface area contributed by atoms with Gasteiger partial charge in [0.1, 0.15) is 0 Å². The fraction of sp³-hybridized carbons (Fsp3) is 0.750. The van der Waals surface area contributed by atoms with Gasteiger partial charge in [0.15, 0.2) is 0 Å². The largest absolute Gasteiger partial charge is 3.00 e. The molecule has 0 radical (unpaired) electrons. The summed E-state index contributed by atoms with van der Waals surface area (Å²) >= 11 is 8.95. The summed E-state index contributed by atoms with van der Waals surface area (Å²) < 4.78 is 0. The SMILES string of the molecule is C/C([S-])=C/[S-].C1CCCC1.[Co+3]. The first-order valence-electron chi connectivity index (χ1n) is 3.73. The minimum Gasteiger partial charge on any atom is -0.789 e. The summed E-state index contributed by atoms with van der Waals surface area (Å²) in [6.45, 7) is 1.79. The van der Waals surface area contributed by atoms with E-state index in [4.69, 9.17) is 0 Å². The van der Waals surface area contributed by atoms with Crippen LogP contribution in [-0.4, -0.2) is 0 Å². The van der Waals surface area contributed by atoms with Crippen LogP contribution >= 0.6 is 0 Å². The van der Waals surface area contributed by atoms with Crippen LogP contribution in [0, 0.1) is 0 Å². The molecule has 0 aromatic rings. The molecule has 1 aliphatic carbocycles. The predicted octanol–water partition coefficient (Wildman–Crippen LogP) is 2.89. The van der Waals surface area contributed by atoms with Gasteiger partial charge in [0.2, 0.25) is 0 Å². The molecule has 0 bridgehead atoms. The molecule has 1 rings (SSSR count). The van der Waals surface area contributed by atoms with Gasteiger partial charge < -0.3 is 25.3 Å². The molecule has 0 aromatic carbocycles. The van der Waals surface area contributed by atoms with Crippen molar-refractivity contribution in [1.82, 2.24) is 0 Å². The molecule has 0 aliphatic heterocycles. The van der Waals surface area contributed by atoms with Crippen LogP contribution in [0.3, 0.4) is 0 Å². The molecule has 1 aliphatic rings. The average molecular weight is 233 g/mol. The molecule has 0 nitrogen and oxygen atoms in total. The van der Waals surface area contributed by atoms with E-state index in [9.17, 15) is 0 Å². The molecule has 0 unspecified atom stereocenters. The topological polar surface area (TPSA) is 0 Å². The van der Waals surface area contributed by atoms with E-state index in [-0.39, 0.29) is 16.8 Å². The van der Waals surface area contributed by atoms with E-state index < -0.39 is 0 Å². The molecule has 11 heavy (non-hydrogen) atoms. The molecule has 0 amide bonds. The van der Waals surface area contributed by atoms with Gasteiger partial charge in [0, 0.05) is 0 Å². The van der Waals surface area contributed by atoms with E-state index in [0.29, 0.717) is 0 Å². The molecule has 0 aromatic heterocycles. The molecule has 0 atom stereocenters. The van der Waals surface area contributed by atoms with Gasteiger partial charge in [-0.05, 0) is 0 Å². The molecule has 0 N–H and O–H groups in total. The zero-order valence-electron chi connectivity index (χ0n) is 6.76.